The Hall–Kier alpha value is -1.99. The maximum absolute atomic E-state index is 12.6. The Morgan fingerprint density at radius 1 is 0.903 bits per heavy atom. The molecule has 0 bridgehead atoms. The van der Waals surface area contributed by atoms with Crippen LogP contribution in [0.25, 0.3) is 0 Å². The molecule has 1 aromatic carbocycles. The number of benzene rings is 1. The molecule has 1 amide bonds. The second-order valence-corrected chi connectivity index (χ2v) is 8.71. The molecule has 7 heteroatoms. The van der Waals surface area contributed by atoms with Gasteiger partial charge >= 0.3 is 0 Å². The number of ether oxygens (including phenoxy) is 3. The minimum atomic E-state index is -0.00224. The zero-order chi connectivity index (χ0) is 22.1. The first-order valence-electron chi connectivity index (χ1n) is 11.7. The quantitative estimate of drug-likeness (QED) is 0.642. The zero-order valence-electron chi connectivity index (χ0n) is 19.5. The van der Waals surface area contributed by atoms with Crippen molar-refractivity contribution in [1.82, 2.24) is 9.80 Å². The van der Waals surface area contributed by atoms with Gasteiger partial charge in [0.25, 0.3) is 0 Å². The summed E-state index contributed by atoms with van der Waals surface area (Å²) in [4.78, 5) is 17.6. The van der Waals surface area contributed by atoms with Crippen LogP contribution >= 0.6 is 0 Å². The highest BCUT2D eigenvalue weighted by atomic mass is 16.5. The Labute approximate surface area is 187 Å². The van der Waals surface area contributed by atoms with Crippen LogP contribution in [0.3, 0.4) is 0 Å². The molecule has 0 unspecified atom stereocenters. The number of amides is 1. The molecule has 7 nitrogen and oxygen atoms in total. The largest absolute Gasteiger partial charge is 0.493 e. The topological polar surface area (TPSA) is 63.3 Å². The van der Waals surface area contributed by atoms with Gasteiger partial charge in [-0.2, -0.15) is 0 Å². The van der Waals surface area contributed by atoms with Gasteiger partial charge in [0.1, 0.15) is 0 Å². The van der Waals surface area contributed by atoms with Gasteiger partial charge < -0.3 is 29.3 Å². The molecule has 1 N–H and O–H groups in total. The molecule has 0 spiro atoms. The second kappa shape index (κ2) is 12.2. The Morgan fingerprint density at radius 3 is 2.19 bits per heavy atom. The van der Waals surface area contributed by atoms with Crippen LogP contribution in [-0.2, 0) is 4.79 Å². The third kappa shape index (κ3) is 7.01. The molecule has 1 saturated carbocycles. The van der Waals surface area contributed by atoms with Gasteiger partial charge in [0.05, 0.1) is 21.3 Å². The Kier molecular flexibility index (Phi) is 9.28. The Balaban J connectivity index is 1.45. The molecule has 0 radical (unpaired) electrons. The van der Waals surface area contributed by atoms with E-state index in [1.807, 2.05) is 0 Å². The molecule has 1 heterocycles. The summed E-state index contributed by atoms with van der Waals surface area (Å²) in [6.45, 7) is 6.46. The molecule has 1 aliphatic carbocycles. The van der Waals surface area contributed by atoms with E-state index >= 15 is 0 Å². The molecule has 2 fully saturated rings. The summed E-state index contributed by atoms with van der Waals surface area (Å²) < 4.78 is 16.1. The van der Waals surface area contributed by atoms with Gasteiger partial charge in [0, 0.05) is 50.4 Å². The number of nitrogens with one attached hydrogen (secondary N) is 1. The van der Waals surface area contributed by atoms with E-state index in [0.29, 0.717) is 29.4 Å². The van der Waals surface area contributed by atoms with E-state index in [-0.39, 0.29) is 5.91 Å². The molecule has 174 valence electrons. The van der Waals surface area contributed by atoms with Crippen molar-refractivity contribution in [2.45, 2.75) is 44.9 Å². The van der Waals surface area contributed by atoms with E-state index < -0.39 is 0 Å². The lowest BCUT2D eigenvalue weighted by Crippen LogP contribution is -2.35. The average Bonchev–Trinajstić information content (AvgIpc) is 3.02. The van der Waals surface area contributed by atoms with E-state index in [2.05, 4.69) is 15.1 Å². The lowest BCUT2D eigenvalue weighted by atomic mass is 9.89. The van der Waals surface area contributed by atoms with E-state index in [0.717, 1.165) is 32.1 Å². The van der Waals surface area contributed by atoms with Crippen molar-refractivity contribution >= 4 is 11.6 Å². The zero-order valence-corrected chi connectivity index (χ0v) is 19.5. The van der Waals surface area contributed by atoms with Crippen LogP contribution in [0.5, 0.6) is 17.2 Å². The number of anilines is 1. The molecule has 31 heavy (non-hydrogen) atoms. The standard InChI is InChI=1S/C24H39N3O4/c1-29-21-16-20(17-22(30-2)24(21)31-3)25-23(28)10-13-26-11-7-12-27(15-14-26)18-19-8-5-4-6-9-19/h16-17,19H,4-15,18H2,1-3H3,(H,25,28). The van der Waals surface area contributed by atoms with Crippen LogP contribution in [0.4, 0.5) is 5.69 Å². The van der Waals surface area contributed by atoms with Gasteiger partial charge in [-0.3, -0.25) is 4.79 Å². The van der Waals surface area contributed by atoms with Gasteiger partial charge in [-0.1, -0.05) is 19.3 Å². The number of carbonyl (C=O) groups excluding carboxylic acids is 1. The predicted molar refractivity (Wildman–Crippen MR) is 123 cm³/mol. The van der Waals surface area contributed by atoms with Crippen molar-refractivity contribution in [2.75, 3.05) is 65.9 Å². The Bertz CT molecular complexity index is 681. The first kappa shape index (κ1) is 23.7. The van der Waals surface area contributed by atoms with Gasteiger partial charge in [-0.05, 0) is 38.3 Å². The second-order valence-electron chi connectivity index (χ2n) is 8.71. The van der Waals surface area contributed by atoms with E-state index in [1.165, 1.54) is 51.6 Å². The molecule has 1 aliphatic heterocycles. The summed E-state index contributed by atoms with van der Waals surface area (Å²) >= 11 is 0. The third-order valence-corrected chi connectivity index (χ3v) is 6.53. The summed E-state index contributed by atoms with van der Waals surface area (Å²) in [5, 5.41) is 2.97. The van der Waals surface area contributed by atoms with Crippen LogP contribution in [0.1, 0.15) is 44.9 Å². The van der Waals surface area contributed by atoms with Crippen molar-refractivity contribution in [2.24, 2.45) is 5.92 Å². The summed E-state index contributed by atoms with van der Waals surface area (Å²) in [5.74, 6) is 2.47. The van der Waals surface area contributed by atoms with Crippen LogP contribution in [-0.4, -0.2) is 76.3 Å². The predicted octanol–water partition coefficient (Wildman–Crippen LogP) is 3.63. The van der Waals surface area contributed by atoms with E-state index in [4.69, 9.17) is 14.2 Å². The fourth-order valence-corrected chi connectivity index (χ4v) is 4.80. The van der Waals surface area contributed by atoms with Crippen LogP contribution in [0, 0.1) is 5.92 Å². The molecule has 0 aromatic heterocycles. The highest BCUT2D eigenvalue weighted by molar-refractivity contribution is 5.91. The average molecular weight is 434 g/mol. The van der Waals surface area contributed by atoms with E-state index in [9.17, 15) is 4.79 Å². The SMILES string of the molecule is COc1cc(NC(=O)CCN2CCCN(CC3CCCCC3)CC2)cc(OC)c1OC. The first-order chi connectivity index (χ1) is 15.1. The summed E-state index contributed by atoms with van der Waals surface area (Å²) in [6, 6.07) is 3.52. The molecule has 3 rings (SSSR count). The normalized spacial score (nSPS) is 18.9. The number of hydrogen-bond donors (Lipinski definition) is 1. The highest BCUT2D eigenvalue weighted by Gasteiger charge is 2.21. The maximum Gasteiger partial charge on any atom is 0.225 e. The summed E-state index contributed by atoms with van der Waals surface area (Å²) in [6.07, 6.45) is 8.70. The van der Waals surface area contributed by atoms with Crippen molar-refractivity contribution in [3.8, 4) is 17.2 Å². The van der Waals surface area contributed by atoms with Gasteiger partial charge in [0.2, 0.25) is 11.7 Å². The van der Waals surface area contributed by atoms with Gasteiger partial charge in [-0.25, -0.2) is 0 Å². The first-order valence-corrected chi connectivity index (χ1v) is 11.7. The van der Waals surface area contributed by atoms with Gasteiger partial charge in [0.15, 0.2) is 11.5 Å². The highest BCUT2D eigenvalue weighted by Crippen LogP contribution is 2.39. The van der Waals surface area contributed by atoms with Crippen molar-refractivity contribution in [3.63, 3.8) is 0 Å². The summed E-state index contributed by atoms with van der Waals surface area (Å²) in [5.41, 5.74) is 0.647. The lowest BCUT2D eigenvalue weighted by Gasteiger charge is -2.28. The van der Waals surface area contributed by atoms with Crippen LogP contribution in [0.15, 0.2) is 12.1 Å². The molecule has 1 aromatic rings. The third-order valence-electron chi connectivity index (χ3n) is 6.53. The number of rotatable bonds is 9. The molecule has 2 aliphatic rings. The number of hydrogen-bond acceptors (Lipinski definition) is 6. The van der Waals surface area contributed by atoms with Crippen molar-refractivity contribution < 1.29 is 19.0 Å². The monoisotopic (exact) mass is 433 g/mol. The van der Waals surface area contributed by atoms with Crippen LogP contribution in [0.2, 0.25) is 0 Å². The lowest BCUT2D eigenvalue weighted by molar-refractivity contribution is -0.116. The molecule has 0 atom stereocenters. The fourth-order valence-electron chi connectivity index (χ4n) is 4.80. The number of nitrogens with zero attached hydrogens (tertiary/aromatic N) is 2. The molecular weight excluding hydrogens is 394 g/mol. The van der Waals surface area contributed by atoms with Crippen molar-refractivity contribution in [3.05, 3.63) is 12.1 Å². The fraction of sp³-hybridized carbons (Fsp3) is 0.708. The Morgan fingerprint density at radius 2 is 1.55 bits per heavy atom. The van der Waals surface area contributed by atoms with Crippen molar-refractivity contribution in [1.29, 1.82) is 0 Å². The van der Waals surface area contributed by atoms with Crippen LogP contribution < -0.4 is 19.5 Å². The number of carbonyl (C=O) groups is 1. The minimum absolute atomic E-state index is 0.00224. The van der Waals surface area contributed by atoms with Gasteiger partial charge in [-0.15, -0.1) is 0 Å². The maximum atomic E-state index is 12.6. The number of methoxy groups -OCH3 is 3. The molecule has 1 saturated heterocycles. The molecular formula is C24H39N3O4. The van der Waals surface area contributed by atoms with E-state index in [1.54, 1.807) is 33.5 Å². The summed E-state index contributed by atoms with van der Waals surface area (Å²) in [7, 11) is 4.70. The minimum Gasteiger partial charge on any atom is -0.493 e. The smallest absolute Gasteiger partial charge is 0.225 e.